The SMILES string of the molecule is Cc1ccc(Cc2nc3cccc(C)n3c2CCl)cc1. The molecule has 0 bridgehead atoms. The van der Waals surface area contributed by atoms with Crippen molar-refractivity contribution in [3.8, 4) is 0 Å². The molecule has 0 spiro atoms. The van der Waals surface area contributed by atoms with Gasteiger partial charge in [0.05, 0.1) is 17.3 Å². The van der Waals surface area contributed by atoms with E-state index in [1.54, 1.807) is 0 Å². The maximum Gasteiger partial charge on any atom is 0.137 e. The molecule has 0 saturated heterocycles. The van der Waals surface area contributed by atoms with E-state index >= 15 is 0 Å². The van der Waals surface area contributed by atoms with Crippen molar-refractivity contribution in [2.45, 2.75) is 26.1 Å². The van der Waals surface area contributed by atoms with Gasteiger partial charge in [-0.05, 0) is 31.5 Å². The molecule has 0 amide bonds. The summed E-state index contributed by atoms with van der Waals surface area (Å²) in [4.78, 5) is 4.74. The van der Waals surface area contributed by atoms with Crippen LogP contribution in [0.15, 0.2) is 42.5 Å². The molecule has 0 atom stereocenters. The summed E-state index contributed by atoms with van der Waals surface area (Å²) < 4.78 is 2.15. The maximum atomic E-state index is 6.16. The second-order valence-electron chi connectivity index (χ2n) is 5.16. The monoisotopic (exact) mass is 284 g/mol. The standard InChI is InChI=1S/C17H17ClN2/c1-12-6-8-14(9-7-12)10-15-16(11-18)20-13(2)4-3-5-17(20)19-15/h3-9H,10-11H2,1-2H3. The normalized spacial score (nSPS) is 11.2. The Morgan fingerprint density at radius 1 is 1.05 bits per heavy atom. The molecule has 2 aromatic heterocycles. The zero-order valence-electron chi connectivity index (χ0n) is 11.7. The topological polar surface area (TPSA) is 17.3 Å². The summed E-state index contributed by atoms with van der Waals surface area (Å²) in [5, 5.41) is 0. The third kappa shape index (κ3) is 2.32. The van der Waals surface area contributed by atoms with Crippen LogP contribution in [0.3, 0.4) is 0 Å². The highest BCUT2D eigenvalue weighted by atomic mass is 35.5. The van der Waals surface area contributed by atoms with Gasteiger partial charge in [0.1, 0.15) is 5.65 Å². The van der Waals surface area contributed by atoms with E-state index in [9.17, 15) is 0 Å². The summed E-state index contributed by atoms with van der Waals surface area (Å²) in [6.45, 7) is 4.18. The number of aryl methyl sites for hydroxylation is 2. The van der Waals surface area contributed by atoms with Gasteiger partial charge in [-0.15, -0.1) is 11.6 Å². The van der Waals surface area contributed by atoms with Crippen molar-refractivity contribution in [2.24, 2.45) is 0 Å². The molecule has 0 aliphatic carbocycles. The van der Waals surface area contributed by atoms with Crippen LogP contribution in [0.25, 0.3) is 5.65 Å². The summed E-state index contributed by atoms with van der Waals surface area (Å²) in [7, 11) is 0. The molecule has 2 heterocycles. The lowest BCUT2D eigenvalue weighted by Crippen LogP contribution is -1.98. The van der Waals surface area contributed by atoms with Crippen molar-refractivity contribution >= 4 is 17.2 Å². The first-order chi connectivity index (χ1) is 9.69. The van der Waals surface area contributed by atoms with Crippen LogP contribution in [-0.4, -0.2) is 9.38 Å². The highest BCUT2D eigenvalue weighted by molar-refractivity contribution is 6.17. The summed E-state index contributed by atoms with van der Waals surface area (Å²) in [5.74, 6) is 0.479. The Kier molecular flexibility index (Phi) is 3.49. The molecular weight excluding hydrogens is 268 g/mol. The minimum atomic E-state index is 0.479. The van der Waals surface area contributed by atoms with Crippen LogP contribution in [-0.2, 0) is 12.3 Å². The summed E-state index contributed by atoms with van der Waals surface area (Å²) in [5.41, 5.74) is 6.85. The number of aromatic nitrogens is 2. The molecule has 2 nitrogen and oxygen atoms in total. The Morgan fingerprint density at radius 2 is 1.80 bits per heavy atom. The van der Waals surface area contributed by atoms with Gasteiger partial charge in [-0.25, -0.2) is 4.98 Å². The fraction of sp³-hybridized carbons (Fsp3) is 0.235. The summed E-state index contributed by atoms with van der Waals surface area (Å²) >= 11 is 6.16. The second kappa shape index (κ2) is 5.29. The molecule has 3 heteroatoms. The highest BCUT2D eigenvalue weighted by Gasteiger charge is 2.12. The lowest BCUT2D eigenvalue weighted by molar-refractivity contribution is 0.995. The largest absolute Gasteiger partial charge is 0.300 e. The Labute approximate surface area is 124 Å². The first kappa shape index (κ1) is 13.2. The number of imidazole rings is 1. The molecule has 0 N–H and O–H groups in total. The minimum absolute atomic E-state index is 0.479. The van der Waals surface area contributed by atoms with Gasteiger partial charge in [0.2, 0.25) is 0 Å². The fourth-order valence-corrected chi connectivity index (χ4v) is 2.82. The number of hydrogen-bond acceptors (Lipinski definition) is 1. The van der Waals surface area contributed by atoms with Crippen LogP contribution >= 0.6 is 11.6 Å². The summed E-state index contributed by atoms with van der Waals surface area (Å²) in [6, 6.07) is 14.7. The smallest absolute Gasteiger partial charge is 0.137 e. The number of benzene rings is 1. The average Bonchev–Trinajstić information content (AvgIpc) is 2.80. The van der Waals surface area contributed by atoms with Gasteiger partial charge in [-0.1, -0.05) is 35.9 Å². The molecular formula is C17H17ClN2. The van der Waals surface area contributed by atoms with Crippen molar-refractivity contribution in [3.05, 3.63) is 70.7 Å². The number of pyridine rings is 1. The van der Waals surface area contributed by atoms with E-state index in [2.05, 4.69) is 48.6 Å². The van der Waals surface area contributed by atoms with Crippen molar-refractivity contribution in [1.29, 1.82) is 0 Å². The van der Waals surface area contributed by atoms with Gasteiger partial charge in [-0.3, -0.25) is 4.40 Å². The van der Waals surface area contributed by atoms with Crippen LogP contribution in [0.2, 0.25) is 0 Å². The maximum absolute atomic E-state index is 6.16. The lowest BCUT2D eigenvalue weighted by atomic mass is 10.1. The first-order valence-corrected chi connectivity index (χ1v) is 7.30. The Morgan fingerprint density at radius 3 is 2.50 bits per heavy atom. The number of alkyl halides is 1. The van der Waals surface area contributed by atoms with Gasteiger partial charge in [0.15, 0.2) is 0 Å². The number of rotatable bonds is 3. The van der Waals surface area contributed by atoms with E-state index in [4.69, 9.17) is 16.6 Å². The third-order valence-corrected chi connectivity index (χ3v) is 3.89. The summed E-state index contributed by atoms with van der Waals surface area (Å²) in [6.07, 6.45) is 0.823. The van der Waals surface area contributed by atoms with Gasteiger partial charge in [0.25, 0.3) is 0 Å². The molecule has 20 heavy (non-hydrogen) atoms. The molecule has 102 valence electrons. The highest BCUT2D eigenvalue weighted by Crippen LogP contribution is 2.20. The molecule has 0 fully saturated rings. The van der Waals surface area contributed by atoms with Gasteiger partial charge < -0.3 is 0 Å². The molecule has 0 aliphatic rings. The lowest BCUT2D eigenvalue weighted by Gasteiger charge is -2.04. The van der Waals surface area contributed by atoms with Crippen LogP contribution in [0, 0.1) is 13.8 Å². The van der Waals surface area contributed by atoms with Crippen molar-refractivity contribution in [2.75, 3.05) is 0 Å². The van der Waals surface area contributed by atoms with Crippen molar-refractivity contribution < 1.29 is 0 Å². The molecule has 3 rings (SSSR count). The quantitative estimate of drug-likeness (QED) is 0.656. The predicted molar refractivity (Wildman–Crippen MR) is 83.5 cm³/mol. The molecule has 0 aliphatic heterocycles. The van der Waals surface area contributed by atoms with Gasteiger partial charge in [-0.2, -0.15) is 0 Å². The Hall–Kier alpha value is -1.80. The first-order valence-electron chi connectivity index (χ1n) is 6.76. The molecule has 0 saturated carbocycles. The zero-order chi connectivity index (χ0) is 14.1. The number of nitrogens with zero attached hydrogens (tertiary/aromatic N) is 2. The van der Waals surface area contributed by atoms with Crippen molar-refractivity contribution in [1.82, 2.24) is 9.38 Å². The van der Waals surface area contributed by atoms with Crippen LogP contribution in [0.5, 0.6) is 0 Å². The van der Waals surface area contributed by atoms with E-state index in [0.29, 0.717) is 5.88 Å². The number of halogens is 1. The van der Waals surface area contributed by atoms with E-state index in [1.165, 1.54) is 16.8 Å². The Bertz CT molecular complexity index is 742. The van der Waals surface area contributed by atoms with Gasteiger partial charge >= 0.3 is 0 Å². The average molecular weight is 285 g/mol. The van der Waals surface area contributed by atoms with Crippen molar-refractivity contribution in [3.63, 3.8) is 0 Å². The number of fused-ring (bicyclic) bond motifs is 1. The predicted octanol–water partition coefficient (Wildman–Crippen LogP) is 4.28. The number of hydrogen-bond donors (Lipinski definition) is 0. The molecule has 0 radical (unpaired) electrons. The second-order valence-corrected chi connectivity index (χ2v) is 5.43. The molecule has 0 unspecified atom stereocenters. The minimum Gasteiger partial charge on any atom is -0.300 e. The van der Waals surface area contributed by atoms with Crippen LogP contribution < -0.4 is 0 Å². The molecule has 3 aromatic rings. The van der Waals surface area contributed by atoms with E-state index in [1.807, 2.05) is 12.1 Å². The third-order valence-electron chi connectivity index (χ3n) is 3.64. The fourth-order valence-electron chi connectivity index (χ4n) is 2.55. The molecule has 1 aromatic carbocycles. The Balaban J connectivity index is 2.07. The van der Waals surface area contributed by atoms with E-state index < -0.39 is 0 Å². The van der Waals surface area contributed by atoms with Gasteiger partial charge in [0, 0.05) is 12.1 Å². The van der Waals surface area contributed by atoms with Crippen LogP contribution in [0.4, 0.5) is 0 Å². The zero-order valence-corrected chi connectivity index (χ0v) is 12.5. The van der Waals surface area contributed by atoms with Crippen LogP contribution in [0.1, 0.15) is 28.2 Å². The van der Waals surface area contributed by atoms with E-state index in [0.717, 1.165) is 23.5 Å². The van der Waals surface area contributed by atoms with E-state index in [-0.39, 0.29) is 0 Å².